The van der Waals surface area contributed by atoms with Crippen LogP contribution in [0.15, 0.2) is 18.2 Å². The molecule has 0 bridgehead atoms. The van der Waals surface area contributed by atoms with Crippen molar-refractivity contribution < 1.29 is 19.2 Å². The molecule has 1 aromatic heterocycles. The van der Waals surface area contributed by atoms with Crippen molar-refractivity contribution in [2.45, 2.75) is 20.0 Å². The second-order valence-electron chi connectivity index (χ2n) is 4.97. The molecule has 0 unspecified atom stereocenters. The van der Waals surface area contributed by atoms with Gasteiger partial charge >= 0.3 is 5.97 Å². The zero-order valence-electron chi connectivity index (χ0n) is 13.1. The summed E-state index contributed by atoms with van der Waals surface area (Å²) in [6.45, 7) is 2.95. The highest BCUT2D eigenvalue weighted by molar-refractivity contribution is 7.10. The number of nitrogens with two attached hydrogens (primary N) is 1. The first kappa shape index (κ1) is 18.6. The number of nitrogens with one attached hydrogen (secondary N) is 1. The number of aryl methyl sites for hydroxylation is 1. The lowest BCUT2D eigenvalue weighted by molar-refractivity contribution is -0.384. The van der Waals surface area contributed by atoms with E-state index in [-0.39, 0.29) is 27.0 Å². The predicted octanol–water partition coefficient (Wildman–Crippen LogP) is 2.78. The lowest BCUT2D eigenvalue weighted by atomic mass is 10.2. The molecular weight excluding hydrogens is 372 g/mol. The van der Waals surface area contributed by atoms with E-state index in [4.69, 9.17) is 22.1 Å². The molecule has 1 heterocycles. The van der Waals surface area contributed by atoms with E-state index in [9.17, 15) is 19.7 Å². The first-order valence-corrected chi connectivity index (χ1v) is 8.03. The van der Waals surface area contributed by atoms with Gasteiger partial charge in [0.15, 0.2) is 6.10 Å². The second kappa shape index (κ2) is 7.45. The van der Waals surface area contributed by atoms with E-state index in [1.807, 2.05) is 0 Å². The molecule has 0 radical (unpaired) electrons. The Balaban J connectivity index is 2.09. The molecule has 11 heteroatoms. The summed E-state index contributed by atoms with van der Waals surface area (Å²) in [7, 11) is 0. The SMILES string of the molecule is Cc1nsc(N)c1C(=O)O[C@@H](C)C(=O)Nc1cc([N+](=O)[O-])ccc1Cl. The van der Waals surface area contributed by atoms with Gasteiger partial charge in [0, 0.05) is 12.1 Å². The lowest BCUT2D eigenvalue weighted by Crippen LogP contribution is -2.30. The Morgan fingerprint density at radius 1 is 1.48 bits per heavy atom. The van der Waals surface area contributed by atoms with Crippen molar-refractivity contribution >= 4 is 51.4 Å². The van der Waals surface area contributed by atoms with E-state index in [2.05, 4.69) is 9.69 Å². The van der Waals surface area contributed by atoms with Crippen LogP contribution in [-0.2, 0) is 9.53 Å². The number of benzene rings is 1. The molecule has 2 rings (SSSR count). The molecule has 0 aliphatic carbocycles. The van der Waals surface area contributed by atoms with Crippen molar-refractivity contribution in [3.8, 4) is 0 Å². The van der Waals surface area contributed by atoms with Gasteiger partial charge in [-0.15, -0.1) is 0 Å². The van der Waals surface area contributed by atoms with Crippen LogP contribution in [0.5, 0.6) is 0 Å². The van der Waals surface area contributed by atoms with Gasteiger partial charge in [0.1, 0.15) is 10.6 Å². The Labute approximate surface area is 151 Å². The van der Waals surface area contributed by atoms with Gasteiger partial charge < -0.3 is 15.8 Å². The standard InChI is InChI=1S/C14H13ClN4O5S/c1-6-11(12(16)25-18-6)14(21)24-7(2)13(20)17-10-5-8(19(22)23)3-4-9(10)15/h3-5,7H,16H2,1-2H3,(H,17,20)/t7-/m0/s1. The molecule has 0 spiro atoms. The normalized spacial score (nSPS) is 11.6. The maximum Gasteiger partial charge on any atom is 0.343 e. The first-order valence-electron chi connectivity index (χ1n) is 6.88. The summed E-state index contributed by atoms with van der Waals surface area (Å²) in [4.78, 5) is 34.4. The zero-order valence-corrected chi connectivity index (χ0v) is 14.7. The fourth-order valence-electron chi connectivity index (χ4n) is 1.87. The number of nitrogen functional groups attached to an aromatic ring is 1. The molecule has 132 valence electrons. The molecule has 0 aliphatic heterocycles. The maximum absolute atomic E-state index is 12.2. The quantitative estimate of drug-likeness (QED) is 0.459. The molecule has 0 aliphatic rings. The number of aromatic nitrogens is 1. The average molecular weight is 385 g/mol. The molecule has 1 atom stereocenters. The number of esters is 1. The van der Waals surface area contributed by atoms with Gasteiger partial charge in [0.05, 0.1) is 21.3 Å². The van der Waals surface area contributed by atoms with Crippen molar-refractivity contribution in [3.05, 3.63) is 44.6 Å². The smallest absolute Gasteiger partial charge is 0.343 e. The monoisotopic (exact) mass is 384 g/mol. The minimum Gasteiger partial charge on any atom is -0.449 e. The van der Waals surface area contributed by atoms with Gasteiger partial charge in [-0.2, -0.15) is 4.37 Å². The summed E-state index contributed by atoms with van der Waals surface area (Å²) >= 11 is 6.86. The number of anilines is 2. The number of nitro benzene ring substituents is 1. The Kier molecular flexibility index (Phi) is 5.55. The number of ether oxygens (including phenoxy) is 1. The molecule has 1 aromatic carbocycles. The number of carbonyl (C=O) groups is 2. The van der Waals surface area contributed by atoms with E-state index >= 15 is 0 Å². The van der Waals surface area contributed by atoms with Crippen molar-refractivity contribution in [2.75, 3.05) is 11.1 Å². The van der Waals surface area contributed by atoms with E-state index in [0.29, 0.717) is 5.69 Å². The Hall–Kier alpha value is -2.72. The third kappa shape index (κ3) is 4.22. The largest absolute Gasteiger partial charge is 0.449 e. The molecular formula is C14H13ClN4O5S. The van der Waals surface area contributed by atoms with Crippen LogP contribution < -0.4 is 11.1 Å². The Bertz CT molecular complexity index is 834. The van der Waals surface area contributed by atoms with Crippen molar-refractivity contribution in [1.29, 1.82) is 0 Å². The fourth-order valence-corrected chi connectivity index (χ4v) is 2.68. The summed E-state index contributed by atoms with van der Waals surface area (Å²) in [5, 5.41) is 13.5. The van der Waals surface area contributed by atoms with Crippen LogP contribution in [-0.4, -0.2) is 27.3 Å². The minimum absolute atomic E-state index is 0.0386. The number of amides is 1. The maximum atomic E-state index is 12.2. The topological polar surface area (TPSA) is 137 Å². The summed E-state index contributed by atoms with van der Waals surface area (Å²) in [6.07, 6.45) is -1.18. The number of non-ortho nitro benzene ring substituents is 1. The minimum atomic E-state index is -1.18. The number of hydrogen-bond donors (Lipinski definition) is 2. The van der Waals surface area contributed by atoms with E-state index in [1.165, 1.54) is 19.1 Å². The Morgan fingerprint density at radius 2 is 2.16 bits per heavy atom. The van der Waals surface area contributed by atoms with Crippen LogP contribution in [0, 0.1) is 17.0 Å². The third-order valence-corrected chi connectivity index (χ3v) is 4.26. The van der Waals surface area contributed by atoms with Crippen molar-refractivity contribution in [3.63, 3.8) is 0 Å². The van der Waals surface area contributed by atoms with Crippen LogP contribution in [0.25, 0.3) is 0 Å². The van der Waals surface area contributed by atoms with Gasteiger partial charge in [0.25, 0.3) is 11.6 Å². The summed E-state index contributed by atoms with van der Waals surface area (Å²) < 4.78 is 9.00. The van der Waals surface area contributed by atoms with Gasteiger partial charge in [-0.3, -0.25) is 14.9 Å². The van der Waals surface area contributed by atoms with Crippen LogP contribution >= 0.6 is 23.1 Å². The number of nitro groups is 1. The average Bonchev–Trinajstić information content (AvgIpc) is 2.87. The number of nitrogens with zero attached hydrogens (tertiary/aromatic N) is 2. The third-order valence-electron chi connectivity index (χ3n) is 3.16. The fraction of sp³-hybridized carbons (Fsp3) is 0.214. The van der Waals surface area contributed by atoms with Gasteiger partial charge in [-0.25, -0.2) is 4.79 Å². The number of halogens is 1. The highest BCUT2D eigenvalue weighted by Gasteiger charge is 2.24. The van der Waals surface area contributed by atoms with Gasteiger partial charge in [0.2, 0.25) is 0 Å². The Morgan fingerprint density at radius 3 is 2.72 bits per heavy atom. The molecule has 3 N–H and O–H groups in total. The highest BCUT2D eigenvalue weighted by atomic mass is 35.5. The zero-order chi connectivity index (χ0) is 18.7. The van der Waals surface area contributed by atoms with Crippen LogP contribution in [0.1, 0.15) is 23.0 Å². The summed E-state index contributed by atoms with van der Waals surface area (Å²) in [5.41, 5.74) is 5.97. The highest BCUT2D eigenvalue weighted by Crippen LogP contribution is 2.27. The van der Waals surface area contributed by atoms with E-state index in [0.717, 1.165) is 17.6 Å². The predicted molar refractivity (Wildman–Crippen MR) is 92.9 cm³/mol. The van der Waals surface area contributed by atoms with Crippen LogP contribution in [0.4, 0.5) is 16.4 Å². The number of rotatable bonds is 5. The molecule has 0 fully saturated rings. The molecule has 25 heavy (non-hydrogen) atoms. The molecule has 2 aromatic rings. The summed E-state index contributed by atoms with van der Waals surface area (Å²) in [5.74, 6) is -1.48. The van der Waals surface area contributed by atoms with E-state index in [1.54, 1.807) is 6.92 Å². The summed E-state index contributed by atoms with van der Waals surface area (Å²) in [6, 6.07) is 3.60. The van der Waals surface area contributed by atoms with Crippen LogP contribution in [0.3, 0.4) is 0 Å². The molecule has 9 nitrogen and oxygen atoms in total. The van der Waals surface area contributed by atoms with Crippen molar-refractivity contribution in [1.82, 2.24) is 4.37 Å². The molecule has 0 saturated heterocycles. The van der Waals surface area contributed by atoms with Gasteiger partial charge in [-0.1, -0.05) is 11.6 Å². The lowest BCUT2D eigenvalue weighted by Gasteiger charge is -2.14. The number of carbonyl (C=O) groups excluding carboxylic acids is 2. The molecule has 1 amide bonds. The van der Waals surface area contributed by atoms with Crippen LogP contribution in [0.2, 0.25) is 5.02 Å². The first-order chi connectivity index (χ1) is 11.7. The second-order valence-corrected chi connectivity index (χ2v) is 6.18. The van der Waals surface area contributed by atoms with Crippen molar-refractivity contribution in [2.24, 2.45) is 0 Å². The van der Waals surface area contributed by atoms with E-state index < -0.39 is 22.9 Å². The number of hydrogen-bond acceptors (Lipinski definition) is 8. The van der Waals surface area contributed by atoms with Gasteiger partial charge in [-0.05, 0) is 31.4 Å². The molecule has 0 saturated carbocycles.